The van der Waals surface area contributed by atoms with Crippen molar-refractivity contribution in [3.63, 3.8) is 0 Å². The van der Waals surface area contributed by atoms with Crippen molar-refractivity contribution < 1.29 is 18.0 Å². The fourth-order valence-electron chi connectivity index (χ4n) is 2.86. The molecule has 1 aliphatic heterocycles. The van der Waals surface area contributed by atoms with Gasteiger partial charge in [0.05, 0.1) is 23.1 Å². The first kappa shape index (κ1) is 17.3. The zero-order valence-corrected chi connectivity index (χ0v) is 13.6. The van der Waals surface area contributed by atoms with Crippen LogP contribution in [0.2, 0.25) is 0 Å². The summed E-state index contributed by atoms with van der Waals surface area (Å²) < 4.78 is 40.1. The van der Waals surface area contributed by atoms with Crippen LogP contribution in [0, 0.1) is 17.5 Å². The van der Waals surface area contributed by atoms with E-state index in [1.807, 2.05) is 0 Å². The van der Waals surface area contributed by atoms with Crippen LogP contribution in [-0.2, 0) is 0 Å². The number of carbonyl (C=O) groups excluding carboxylic acids is 1. The molecule has 7 heteroatoms. The van der Waals surface area contributed by atoms with Gasteiger partial charge >= 0.3 is 0 Å². The Hall–Kier alpha value is -2.57. The molecule has 1 amide bonds. The second kappa shape index (κ2) is 7.55. The minimum Gasteiger partial charge on any atom is -0.352 e. The van der Waals surface area contributed by atoms with Gasteiger partial charge in [-0.05, 0) is 31.0 Å². The Balaban J connectivity index is 1.79. The van der Waals surface area contributed by atoms with E-state index in [2.05, 4.69) is 10.3 Å². The number of anilines is 2. The van der Waals surface area contributed by atoms with Crippen LogP contribution < -0.4 is 5.32 Å². The van der Waals surface area contributed by atoms with Crippen LogP contribution in [0.25, 0.3) is 0 Å². The molecule has 1 aliphatic rings. The van der Waals surface area contributed by atoms with Crippen molar-refractivity contribution in [1.82, 2.24) is 9.88 Å². The Kier molecular flexibility index (Phi) is 5.21. The lowest BCUT2D eigenvalue weighted by Crippen LogP contribution is -2.31. The minimum absolute atomic E-state index is 0.135. The zero-order chi connectivity index (χ0) is 17.8. The number of amides is 1. The van der Waals surface area contributed by atoms with E-state index < -0.39 is 17.5 Å². The molecule has 0 spiro atoms. The van der Waals surface area contributed by atoms with Gasteiger partial charge in [-0.2, -0.15) is 0 Å². The fraction of sp³-hybridized carbons (Fsp3) is 0.333. The Morgan fingerprint density at radius 1 is 1.00 bits per heavy atom. The predicted octanol–water partition coefficient (Wildman–Crippen LogP) is 4.26. The number of hydrogen-bond acceptors (Lipinski definition) is 3. The van der Waals surface area contributed by atoms with Crippen LogP contribution in [0.3, 0.4) is 0 Å². The first-order valence-electron chi connectivity index (χ1n) is 8.21. The van der Waals surface area contributed by atoms with Crippen molar-refractivity contribution in [3.05, 3.63) is 53.6 Å². The van der Waals surface area contributed by atoms with E-state index in [1.165, 1.54) is 18.5 Å². The lowest BCUT2D eigenvalue weighted by atomic mass is 10.2. The number of carbonyl (C=O) groups is 1. The van der Waals surface area contributed by atoms with Gasteiger partial charge in [-0.15, -0.1) is 0 Å². The molecule has 4 nitrogen and oxygen atoms in total. The van der Waals surface area contributed by atoms with Crippen LogP contribution in [-0.4, -0.2) is 28.9 Å². The number of rotatable bonds is 3. The van der Waals surface area contributed by atoms with E-state index in [-0.39, 0.29) is 11.6 Å². The van der Waals surface area contributed by atoms with Gasteiger partial charge in [-0.25, -0.2) is 13.2 Å². The fourth-order valence-corrected chi connectivity index (χ4v) is 2.86. The molecule has 1 saturated heterocycles. The van der Waals surface area contributed by atoms with Crippen molar-refractivity contribution in [1.29, 1.82) is 0 Å². The highest BCUT2D eigenvalue weighted by molar-refractivity contribution is 5.95. The summed E-state index contributed by atoms with van der Waals surface area (Å²) in [7, 11) is 0. The third-order valence-corrected chi connectivity index (χ3v) is 4.19. The molecule has 1 aromatic carbocycles. The van der Waals surface area contributed by atoms with Crippen LogP contribution in [0.4, 0.5) is 24.5 Å². The van der Waals surface area contributed by atoms with Crippen molar-refractivity contribution >= 4 is 17.3 Å². The summed E-state index contributed by atoms with van der Waals surface area (Å²) in [5, 5.41) is 2.64. The normalized spacial score (nSPS) is 14.9. The summed E-state index contributed by atoms with van der Waals surface area (Å²) in [6.45, 7) is 1.41. The standard InChI is InChI=1S/C18H18F3N3O/c19-14-5-6-15(17(21)16(14)20)23-13-9-12(10-22-11-13)18(25)24-7-3-1-2-4-8-24/h5-6,9-11,23H,1-4,7-8H2. The molecule has 2 aromatic rings. The number of hydrogen-bond donors (Lipinski definition) is 1. The van der Waals surface area contributed by atoms with Crippen LogP contribution >= 0.6 is 0 Å². The van der Waals surface area contributed by atoms with Gasteiger partial charge in [0.25, 0.3) is 5.91 Å². The Labute approximate surface area is 143 Å². The molecule has 0 atom stereocenters. The minimum atomic E-state index is -1.55. The molecule has 132 valence electrons. The zero-order valence-electron chi connectivity index (χ0n) is 13.6. The monoisotopic (exact) mass is 349 g/mol. The quantitative estimate of drug-likeness (QED) is 0.842. The Bertz CT molecular complexity index is 774. The predicted molar refractivity (Wildman–Crippen MR) is 88.2 cm³/mol. The molecule has 0 bridgehead atoms. The summed E-state index contributed by atoms with van der Waals surface area (Å²) in [6.07, 6.45) is 6.99. The number of pyridine rings is 1. The van der Waals surface area contributed by atoms with Crippen molar-refractivity contribution in [2.75, 3.05) is 18.4 Å². The van der Waals surface area contributed by atoms with E-state index in [9.17, 15) is 18.0 Å². The number of nitrogens with zero attached hydrogens (tertiary/aromatic N) is 2. The van der Waals surface area contributed by atoms with Gasteiger partial charge < -0.3 is 10.2 Å². The summed E-state index contributed by atoms with van der Waals surface area (Å²) in [5.41, 5.74) is 0.473. The summed E-state index contributed by atoms with van der Waals surface area (Å²) in [6, 6.07) is 3.46. The van der Waals surface area contributed by atoms with Crippen molar-refractivity contribution in [3.8, 4) is 0 Å². The van der Waals surface area contributed by atoms with Crippen molar-refractivity contribution in [2.45, 2.75) is 25.7 Å². The summed E-state index contributed by atoms with van der Waals surface area (Å²) in [5.74, 6) is -4.26. The van der Waals surface area contributed by atoms with Gasteiger partial charge in [-0.1, -0.05) is 12.8 Å². The Morgan fingerprint density at radius 2 is 1.72 bits per heavy atom. The number of aromatic nitrogens is 1. The summed E-state index contributed by atoms with van der Waals surface area (Å²) in [4.78, 5) is 18.4. The molecule has 2 heterocycles. The molecule has 25 heavy (non-hydrogen) atoms. The third kappa shape index (κ3) is 3.92. The van der Waals surface area contributed by atoms with Crippen LogP contribution in [0.5, 0.6) is 0 Å². The number of likely N-dealkylation sites (tertiary alicyclic amines) is 1. The summed E-state index contributed by atoms with van der Waals surface area (Å²) >= 11 is 0. The largest absolute Gasteiger partial charge is 0.352 e. The third-order valence-electron chi connectivity index (χ3n) is 4.19. The number of benzene rings is 1. The molecule has 1 aromatic heterocycles. The van der Waals surface area contributed by atoms with E-state index in [1.54, 1.807) is 4.90 Å². The van der Waals surface area contributed by atoms with Gasteiger partial charge in [-0.3, -0.25) is 9.78 Å². The van der Waals surface area contributed by atoms with E-state index in [0.29, 0.717) is 24.3 Å². The average molecular weight is 349 g/mol. The molecule has 0 unspecified atom stereocenters. The average Bonchev–Trinajstić information content (AvgIpc) is 2.91. The van der Waals surface area contributed by atoms with Gasteiger partial charge in [0.15, 0.2) is 17.5 Å². The van der Waals surface area contributed by atoms with E-state index in [4.69, 9.17) is 0 Å². The lowest BCUT2D eigenvalue weighted by molar-refractivity contribution is 0.0761. The number of nitrogens with one attached hydrogen (secondary N) is 1. The second-order valence-corrected chi connectivity index (χ2v) is 6.02. The maximum atomic E-state index is 13.8. The van der Waals surface area contributed by atoms with Crippen LogP contribution in [0.1, 0.15) is 36.0 Å². The van der Waals surface area contributed by atoms with Gasteiger partial charge in [0.1, 0.15) is 0 Å². The lowest BCUT2D eigenvalue weighted by Gasteiger charge is -2.20. The maximum absolute atomic E-state index is 13.8. The molecule has 3 rings (SSSR count). The Morgan fingerprint density at radius 3 is 2.44 bits per heavy atom. The highest BCUT2D eigenvalue weighted by atomic mass is 19.2. The second-order valence-electron chi connectivity index (χ2n) is 6.02. The van der Waals surface area contributed by atoms with Crippen LogP contribution in [0.15, 0.2) is 30.6 Å². The van der Waals surface area contributed by atoms with Gasteiger partial charge in [0.2, 0.25) is 0 Å². The molecule has 0 aliphatic carbocycles. The molecule has 1 fully saturated rings. The molecule has 1 N–H and O–H groups in total. The molecular weight excluding hydrogens is 331 g/mol. The molecule has 0 radical (unpaired) electrons. The molecule has 0 saturated carbocycles. The van der Waals surface area contributed by atoms with Crippen molar-refractivity contribution in [2.24, 2.45) is 0 Å². The highest BCUT2D eigenvalue weighted by Crippen LogP contribution is 2.24. The first-order chi connectivity index (χ1) is 12.1. The molecular formula is C18H18F3N3O. The smallest absolute Gasteiger partial charge is 0.255 e. The SMILES string of the molecule is O=C(c1cncc(Nc2ccc(F)c(F)c2F)c1)N1CCCCCC1. The van der Waals surface area contributed by atoms with Gasteiger partial charge in [0, 0.05) is 19.3 Å². The van der Waals surface area contributed by atoms with E-state index in [0.717, 1.165) is 37.8 Å². The topological polar surface area (TPSA) is 45.2 Å². The maximum Gasteiger partial charge on any atom is 0.255 e. The van der Waals surface area contributed by atoms with E-state index >= 15 is 0 Å². The highest BCUT2D eigenvalue weighted by Gasteiger charge is 2.18. The number of halogens is 3. The first-order valence-corrected chi connectivity index (χ1v) is 8.21.